The van der Waals surface area contributed by atoms with Gasteiger partial charge in [0.2, 0.25) is 10.0 Å². The molecule has 0 spiro atoms. The Bertz CT molecular complexity index is 409. The summed E-state index contributed by atoms with van der Waals surface area (Å²) in [6.07, 6.45) is 3.55. The number of rotatable bonds is 6. The summed E-state index contributed by atoms with van der Waals surface area (Å²) >= 11 is 0. The molecular weight excluding hydrogens is 228 g/mol. The van der Waals surface area contributed by atoms with Gasteiger partial charge in [0.05, 0.1) is 4.90 Å². The predicted molar refractivity (Wildman–Crippen MR) is 61.5 cm³/mol. The monoisotopic (exact) mass is 246 g/mol. The molecule has 1 heterocycles. The second kappa shape index (κ2) is 4.99. The van der Waals surface area contributed by atoms with Crippen molar-refractivity contribution < 1.29 is 13.5 Å². The smallest absolute Gasteiger partial charge is 0.242 e. The van der Waals surface area contributed by atoms with E-state index in [9.17, 15) is 8.42 Å². The second-order valence-corrected chi connectivity index (χ2v) is 6.28. The average molecular weight is 246 g/mol. The zero-order valence-electron chi connectivity index (χ0n) is 9.53. The van der Waals surface area contributed by atoms with Crippen LogP contribution in [0.1, 0.15) is 20.3 Å². The van der Waals surface area contributed by atoms with Crippen molar-refractivity contribution in [3.05, 3.63) is 18.5 Å². The molecule has 92 valence electrons. The highest BCUT2D eigenvalue weighted by Gasteiger charge is 2.21. The van der Waals surface area contributed by atoms with Gasteiger partial charge >= 0.3 is 0 Å². The summed E-state index contributed by atoms with van der Waals surface area (Å²) in [6, 6.07) is 1.50. The maximum Gasteiger partial charge on any atom is 0.242 e. The summed E-state index contributed by atoms with van der Waals surface area (Å²) in [7, 11) is -3.43. The molecule has 0 fully saturated rings. The van der Waals surface area contributed by atoms with E-state index in [4.69, 9.17) is 5.11 Å². The van der Waals surface area contributed by atoms with Crippen LogP contribution >= 0.6 is 0 Å². The topological polar surface area (TPSA) is 82.2 Å². The number of H-pyrrole nitrogens is 1. The summed E-state index contributed by atoms with van der Waals surface area (Å²) in [5.41, 5.74) is -0.252. The van der Waals surface area contributed by atoms with E-state index in [1.807, 2.05) is 13.8 Å². The van der Waals surface area contributed by atoms with Gasteiger partial charge in [0, 0.05) is 25.5 Å². The number of hydrogen-bond donors (Lipinski definition) is 3. The molecule has 1 aromatic rings. The molecule has 16 heavy (non-hydrogen) atoms. The summed E-state index contributed by atoms with van der Waals surface area (Å²) in [5.74, 6) is 0. The van der Waals surface area contributed by atoms with E-state index in [0.29, 0.717) is 13.0 Å². The number of nitrogens with one attached hydrogen (secondary N) is 2. The Labute approximate surface area is 95.9 Å². The van der Waals surface area contributed by atoms with Crippen LogP contribution in [0.4, 0.5) is 0 Å². The minimum atomic E-state index is -3.43. The molecular formula is C10H18N2O3S. The van der Waals surface area contributed by atoms with Crippen LogP contribution in [0.15, 0.2) is 23.4 Å². The summed E-state index contributed by atoms with van der Waals surface area (Å²) in [4.78, 5) is 2.93. The van der Waals surface area contributed by atoms with Gasteiger partial charge in [-0.05, 0) is 17.9 Å². The molecule has 0 amide bonds. The minimum absolute atomic E-state index is 0.0544. The van der Waals surface area contributed by atoms with Crippen molar-refractivity contribution in [1.82, 2.24) is 9.71 Å². The fourth-order valence-corrected chi connectivity index (χ4v) is 2.46. The molecule has 6 heteroatoms. The lowest BCUT2D eigenvalue weighted by Gasteiger charge is -2.23. The molecule has 0 atom stereocenters. The average Bonchev–Trinajstić information content (AvgIpc) is 2.68. The van der Waals surface area contributed by atoms with E-state index >= 15 is 0 Å². The van der Waals surface area contributed by atoms with Gasteiger partial charge in [0.15, 0.2) is 0 Å². The summed E-state index contributed by atoms with van der Waals surface area (Å²) in [6.45, 7) is 4.17. The minimum Gasteiger partial charge on any atom is -0.396 e. The lowest BCUT2D eigenvalue weighted by atomic mass is 9.90. The van der Waals surface area contributed by atoms with Crippen molar-refractivity contribution in [2.75, 3.05) is 13.2 Å². The van der Waals surface area contributed by atoms with Gasteiger partial charge in [0.25, 0.3) is 0 Å². The normalized spacial score (nSPS) is 12.9. The predicted octanol–water partition coefficient (Wildman–Crippen LogP) is 0.702. The standard InChI is InChI=1S/C10H18N2O3S/c1-10(2,4-6-13)8-12-16(14,15)9-3-5-11-7-9/h3,5,7,11-13H,4,6,8H2,1-2H3. The molecule has 0 aliphatic carbocycles. The van der Waals surface area contributed by atoms with Crippen molar-refractivity contribution in [2.45, 2.75) is 25.2 Å². The Morgan fingerprint density at radius 3 is 2.69 bits per heavy atom. The van der Waals surface area contributed by atoms with Crippen LogP contribution in [0.5, 0.6) is 0 Å². The number of aromatic nitrogens is 1. The first-order chi connectivity index (χ1) is 7.37. The molecule has 0 radical (unpaired) electrons. The van der Waals surface area contributed by atoms with E-state index in [1.54, 1.807) is 6.20 Å². The van der Waals surface area contributed by atoms with E-state index < -0.39 is 10.0 Å². The van der Waals surface area contributed by atoms with Crippen molar-refractivity contribution in [3.8, 4) is 0 Å². The summed E-state index contributed by atoms with van der Waals surface area (Å²) < 4.78 is 26.0. The third-order valence-corrected chi connectivity index (χ3v) is 3.81. The Morgan fingerprint density at radius 1 is 1.50 bits per heavy atom. The molecule has 3 N–H and O–H groups in total. The van der Waals surface area contributed by atoms with Gasteiger partial charge in [-0.15, -0.1) is 0 Å². The van der Waals surface area contributed by atoms with Crippen molar-refractivity contribution in [3.63, 3.8) is 0 Å². The van der Waals surface area contributed by atoms with E-state index in [-0.39, 0.29) is 16.9 Å². The highest BCUT2D eigenvalue weighted by atomic mass is 32.2. The van der Waals surface area contributed by atoms with Crippen LogP contribution in [-0.2, 0) is 10.0 Å². The number of hydrogen-bond acceptors (Lipinski definition) is 3. The van der Waals surface area contributed by atoms with Crippen LogP contribution in [0, 0.1) is 5.41 Å². The third-order valence-electron chi connectivity index (χ3n) is 2.41. The SMILES string of the molecule is CC(C)(CCO)CNS(=O)(=O)c1cc[nH]c1. The zero-order chi connectivity index (χ0) is 12.2. The highest BCUT2D eigenvalue weighted by molar-refractivity contribution is 7.89. The van der Waals surface area contributed by atoms with Gasteiger partial charge in [-0.25, -0.2) is 13.1 Å². The van der Waals surface area contributed by atoms with Crippen LogP contribution in [-0.4, -0.2) is 31.7 Å². The van der Waals surface area contributed by atoms with Gasteiger partial charge in [-0.3, -0.25) is 0 Å². The zero-order valence-corrected chi connectivity index (χ0v) is 10.3. The van der Waals surface area contributed by atoms with E-state index in [0.717, 1.165) is 0 Å². The molecule has 1 rings (SSSR count). The van der Waals surface area contributed by atoms with E-state index in [1.165, 1.54) is 12.3 Å². The van der Waals surface area contributed by atoms with Crippen molar-refractivity contribution in [2.24, 2.45) is 5.41 Å². The quantitative estimate of drug-likeness (QED) is 0.691. The van der Waals surface area contributed by atoms with Crippen LogP contribution in [0.2, 0.25) is 0 Å². The molecule has 0 saturated carbocycles. The molecule has 0 bridgehead atoms. The maximum absolute atomic E-state index is 11.8. The maximum atomic E-state index is 11.8. The van der Waals surface area contributed by atoms with Gasteiger partial charge in [0.1, 0.15) is 0 Å². The van der Waals surface area contributed by atoms with Crippen LogP contribution in [0.25, 0.3) is 0 Å². The molecule has 5 nitrogen and oxygen atoms in total. The van der Waals surface area contributed by atoms with Crippen LogP contribution in [0.3, 0.4) is 0 Å². The molecule has 1 aromatic heterocycles. The first kappa shape index (κ1) is 13.2. The molecule has 0 unspecified atom stereocenters. The fourth-order valence-electron chi connectivity index (χ4n) is 1.24. The second-order valence-electron chi connectivity index (χ2n) is 4.51. The number of aliphatic hydroxyl groups excluding tert-OH is 1. The van der Waals surface area contributed by atoms with Crippen molar-refractivity contribution in [1.29, 1.82) is 0 Å². The Hall–Kier alpha value is -0.850. The number of sulfonamides is 1. The molecule has 0 saturated heterocycles. The third kappa shape index (κ3) is 3.62. The van der Waals surface area contributed by atoms with Crippen molar-refractivity contribution >= 4 is 10.0 Å². The first-order valence-electron chi connectivity index (χ1n) is 5.11. The number of aromatic amines is 1. The Balaban J connectivity index is 2.62. The lowest BCUT2D eigenvalue weighted by Crippen LogP contribution is -2.34. The van der Waals surface area contributed by atoms with Gasteiger partial charge in [-0.1, -0.05) is 13.8 Å². The summed E-state index contributed by atoms with van der Waals surface area (Å²) in [5, 5.41) is 8.83. The number of aliphatic hydroxyl groups is 1. The van der Waals surface area contributed by atoms with Crippen LogP contribution < -0.4 is 4.72 Å². The molecule has 0 aromatic carbocycles. The largest absolute Gasteiger partial charge is 0.396 e. The Morgan fingerprint density at radius 2 is 2.19 bits per heavy atom. The molecule has 0 aliphatic rings. The lowest BCUT2D eigenvalue weighted by molar-refractivity contribution is 0.213. The van der Waals surface area contributed by atoms with Gasteiger partial charge < -0.3 is 10.1 Å². The highest BCUT2D eigenvalue weighted by Crippen LogP contribution is 2.19. The molecule has 0 aliphatic heterocycles. The van der Waals surface area contributed by atoms with Gasteiger partial charge in [-0.2, -0.15) is 0 Å². The fraction of sp³-hybridized carbons (Fsp3) is 0.600. The first-order valence-corrected chi connectivity index (χ1v) is 6.59. The van der Waals surface area contributed by atoms with E-state index in [2.05, 4.69) is 9.71 Å². The Kier molecular flexibility index (Phi) is 4.12.